The molecule has 1 aromatic carbocycles. The average molecular weight is 370 g/mol. The molecule has 0 atom stereocenters. The van der Waals surface area contributed by atoms with Gasteiger partial charge in [-0.2, -0.15) is 0 Å². The maximum atomic E-state index is 13.1. The third kappa shape index (κ3) is 3.63. The van der Waals surface area contributed by atoms with E-state index in [2.05, 4.69) is 0 Å². The van der Waals surface area contributed by atoms with Gasteiger partial charge in [-0.1, -0.05) is 31.4 Å². The van der Waals surface area contributed by atoms with Gasteiger partial charge in [0.2, 0.25) is 0 Å². The fourth-order valence-corrected chi connectivity index (χ4v) is 3.87. The van der Waals surface area contributed by atoms with Gasteiger partial charge < -0.3 is 9.64 Å². The highest BCUT2D eigenvalue weighted by Crippen LogP contribution is 2.37. The van der Waals surface area contributed by atoms with Crippen LogP contribution in [-0.4, -0.2) is 34.9 Å². The summed E-state index contributed by atoms with van der Waals surface area (Å²) < 4.78 is 4.89. The minimum Gasteiger partial charge on any atom is -0.465 e. The topological polar surface area (TPSA) is 89.8 Å². The maximum Gasteiger partial charge on any atom is 0.340 e. The number of ether oxygens (including phenoxy) is 1. The van der Waals surface area contributed by atoms with Crippen LogP contribution in [0.1, 0.15) is 44.6 Å². The normalized spacial score (nSPS) is 19.7. The van der Waals surface area contributed by atoms with Crippen molar-refractivity contribution in [2.24, 2.45) is 0 Å². The second-order valence-electron chi connectivity index (χ2n) is 6.83. The summed E-state index contributed by atoms with van der Waals surface area (Å²) in [5, 5.41) is 11.0. The number of esters is 1. The van der Waals surface area contributed by atoms with E-state index in [-0.39, 0.29) is 28.8 Å². The second kappa shape index (κ2) is 7.73. The van der Waals surface area contributed by atoms with Crippen molar-refractivity contribution >= 4 is 23.6 Å². The lowest BCUT2D eigenvalue weighted by atomic mass is 9.94. The average Bonchev–Trinajstić information content (AvgIpc) is 2.92. The number of hydrogen-bond donors (Lipinski definition) is 0. The Kier molecular flexibility index (Phi) is 5.39. The molecule has 0 N–H and O–H groups in total. The van der Waals surface area contributed by atoms with Crippen molar-refractivity contribution in [1.29, 1.82) is 0 Å². The Bertz CT molecular complexity index is 850. The second-order valence-corrected chi connectivity index (χ2v) is 6.83. The Morgan fingerprint density at radius 1 is 1.30 bits per heavy atom. The van der Waals surface area contributed by atoms with E-state index in [0.717, 1.165) is 32.1 Å². The lowest BCUT2D eigenvalue weighted by Gasteiger charge is -2.32. The van der Waals surface area contributed by atoms with Gasteiger partial charge in [-0.15, -0.1) is 0 Å². The Labute approximate surface area is 157 Å². The highest BCUT2D eigenvalue weighted by atomic mass is 16.6. The van der Waals surface area contributed by atoms with E-state index in [1.165, 1.54) is 25.3 Å². The Morgan fingerprint density at radius 3 is 2.63 bits per heavy atom. The van der Waals surface area contributed by atoms with Crippen LogP contribution in [0.5, 0.6) is 0 Å². The third-order valence-electron chi connectivity index (χ3n) is 5.16. The van der Waals surface area contributed by atoms with E-state index < -0.39 is 10.9 Å². The molecule has 7 nitrogen and oxygen atoms in total. The molecule has 1 aliphatic carbocycles. The number of non-ortho nitro benzene ring substituents is 1. The minimum atomic E-state index is -0.573. The Balaban J connectivity index is 2.05. The van der Waals surface area contributed by atoms with Gasteiger partial charge in [-0.05, 0) is 31.4 Å². The van der Waals surface area contributed by atoms with Gasteiger partial charge in [0.15, 0.2) is 0 Å². The summed E-state index contributed by atoms with van der Waals surface area (Å²) >= 11 is 0. The number of carbonyl (C=O) groups excluding carboxylic acids is 2. The summed E-state index contributed by atoms with van der Waals surface area (Å²) in [5.41, 5.74) is 1.48. The van der Waals surface area contributed by atoms with E-state index in [4.69, 9.17) is 4.74 Å². The van der Waals surface area contributed by atoms with Crippen LogP contribution in [0.25, 0.3) is 6.08 Å². The zero-order valence-corrected chi connectivity index (χ0v) is 15.4. The van der Waals surface area contributed by atoms with Crippen LogP contribution in [0.4, 0.5) is 5.69 Å². The molecule has 1 heterocycles. The number of methoxy groups -OCH3 is 1. The molecular weight excluding hydrogens is 348 g/mol. The SMILES string of the molecule is COC(=O)C1=C(C)N(C2CCCCC2)C(=O)/C1=C\c1cccc([N+](=O)[O-])c1. The van der Waals surface area contributed by atoms with E-state index >= 15 is 0 Å². The molecule has 3 rings (SSSR count). The minimum absolute atomic E-state index is 0.0701. The molecule has 2 aliphatic rings. The predicted octanol–water partition coefficient (Wildman–Crippen LogP) is 3.60. The van der Waals surface area contributed by atoms with Crippen LogP contribution in [0.2, 0.25) is 0 Å². The number of nitro benzene ring substituents is 1. The molecule has 1 aliphatic heterocycles. The molecule has 0 radical (unpaired) electrons. The summed E-state index contributed by atoms with van der Waals surface area (Å²) in [6, 6.07) is 6.06. The van der Waals surface area contributed by atoms with E-state index in [1.54, 1.807) is 24.0 Å². The molecule has 1 fully saturated rings. The first-order valence-electron chi connectivity index (χ1n) is 9.03. The van der Waals surface area contributed by atoms with Gasteiger partial charge >= 0.3 is 5.97 Å². The smallest absolute Gasteiger partial charge is 0.340 e. The van der Waals surface area contributed by atoms with Gasteiger partial charge in [0.25, 0.3) is 11.6 Å². The number of nitrogens with zero attached hydrogens (tertiary/aromatic N) is 2. The first-order chi connectivity index (χ1) is 12.9. The molecule has 27 heavy (non-hydrogen) atoms. The van der Waals surface area contributed by atoms with Crippen LogP contribution in [-0.2, 0) is 14.3 Å². The van der Waals surface area contributed by atoms with Gasteiger partial charge in [0, 0.05) is 23.9 Å². The molecule has 0 saturated heterocycles. The molecular formula is C20H22N2O5. The molecule has 7 heteroatoms. The molecule has 0 spiro atoms. The Hall–Kier alpha value is -2.96. The number of carbonyl (C=O) groups is 2. The number of benzene rings is 1. The predicted molar refractivity (Wildman–Crippen MR) is 99.5 cm³/mol. The van der Waals surface area contributed by atoms with Crippen LogP contribution in [0.3, 0.4) is 0 Å². The largest absolute Gasteiger partial charge is 0.465 e. The zero-order chi connectivity index (χ0) is 19.6. The van der Waals surface area contributed by atoms with Crippen LogP contribution in [0.15, 0.2) is 41.1 Å². The quantitative estimate of drug-likeness (QED) is 0.350. The molecule has 1 aromatic rings. The van der Waals surface area contributed by atoms with Crippen molar-refractivity contribution in [2.75, 3.05) is 7.11 Å². The monoisotopic (exact) mass is 370 g/mol. The number of allylic oxidation sites excluding steroid dienone is 1. The standard InChI is InChI=1S/C20H22N2O5/c1-13-18(20(24)27-2)17(12-14-7-6-10-16(11-14)22(25)26)19(23)21(13)15-8-4-3-5-9-15/h6-7,10-12,15H,3-5,8-9H2,1-2H3/b17-12-. The summed E-state index contributed by atoms with van der Waals surface area (Å²) in [5.74, 6) is -0.817. The fourth-order valence-electron chi connectivity index (χ4n) is 3.87. The molecule has 0 unspecified atom stereocenters. The Morgan fingerprint density at radius 2 is 2.00 bits per heavy atom. The molecule has 1 saturated carbocycles. The zero-order valence-electron chi connectivity index (χ0n) is 15.4. The maximum absolute atomic E-state index is 13.1. The summed E-state index contributed by atoms with van der Waals surface area (Å²) in [4.78, 5) is 37.7. The fraction of sp³-hybridized carbons (Fsp3) is 0.400. The van der Waals surface area contributed by atoms with Gasteiger partial charge in [0.1, 0.15) is 0 Å². The van der Waals surface area contributed by atoms with Crippen molar-refractivity contribution in [3.05, 3.63) is 56.8 Å². The molecule has 142 valence electrons. The highest BCUT2D eigenvalue weighted by Gasteiger charge is 2.40. The summed E-state index contributed by atoms with van der Waals surface area (Å²) in [6.07, 6.45) is 6.61. The van der Waals surface area contributed by atoms with Crippen molar-refractivity contribution in [2.45, 2.75) is 45.1 Å². The van der Waals surface area contributed by atoms with E-state index in [9.17, 15) is 19.7 Å². The van der Waals surface area contributed by atoms with Crippen LogP contribution >= 0.6 is 0 Å². The lowest BCUT2D eigenvalue weighted by Crippen LogP contribution is -2.37. The van der Waals surface area contributed by atoms with E-state index in [0.29, 0.717) is 11.3 Å². The van der Waals surface area contributed by atoms with Gasteiger partial charge in [-0.3, -0.25) is 14.9 Å². The first-order valence-corrected chi connectivity index (χ1v) is 9.03. The van der Waals surface area contributed by atoms with Crippen molar-refractivity contribution in [1.82, 2.24) is 4.90 Å². The van der Waals surface area contributed by atoms with Crippen molar-refractivity contribution < 1.29 is 19.2 Å². The third-order valence-corrected chi connectivity index (χ3v) is 5.16. The highest BCUT2D eigenvalue weighted by molar-refractivity contribution is 6.16. The molecule has 0 aromatic heterocycles. The van der Waals surface area contributed by atoms with Crippen molar-refractivity contribution in [3.8, 4) is 0 Å². The van der Waals surface area contributed by atoms with Crippen LogP contribution in [0, 0.1) is 10.1 Å². The molecule has 1 amide bonds. The lowest BCUT2D eigenvalue weighted by molar-refractivity contribution is -0.384. The summed E-state index contributed by atoms with van der Waals surface area (Å²) in [7, 11) is 1.28. The van der Waals surface area contributed by atoms with Crippen molar-refractivity contribution in [3.63, 3.8) is 0 Å². The first kappa shape index (κ1) is 18.8. The van der Waals surface area contributed by atoms with Gasteiger partial charge in [-0.25, -0.2) is 4.79 Å². The number of nitro groups is 1. The van der Waals surface area contributed by atoms with Gasteiger partial charge in [0.05, 0.1) is 23.2 Å². The van der Waals surface area contributed by atoms with Crippen LogP contribution < -0.4 is 0 Å². The number of rotatable bonds is 4. The molecule has 0 bridgehead atoms. The van der Waals surface area contributed by atoms with E-state index in [1.807, 2.05) is 0 Å². The number of hydrogen-bond acceptors (Lipinski definition) is 5. The summed E-state index contributed by atoms with van der Waals surface area (Å²) in [6.45, 7) is 1.76. The number of amides is 1.